The Balaban J connectivity index is 1.54. The molecular formula is C19H23ClN2O3. The molecule has 4 aliphatic carbocycles. The second-order valence-corrected chi connectivity index (χ2v) is 8.83. The predicted molar refractivity (Wildman–Crippen MR) is 95.6 cm³/mol. The van der Waals surface area contributed by atoms with Gasteiger partial charge in [0.05, 0.1) is 4.92 Å². The van der Waals surface area contributed by atoms with E-state index in [2.05, 4.69) is 12.2 Å². The number of rotatable bonds is 4. The molecule has 0 aromatic heterocycles. The van der Waals surface area contributed by atoms with Crippen molar-refractivity contribution in [3.8, 4) is 0 Å². The summed E-state index contributed by atoms with van der Waals surface area (Å²) in [7, 11) is 0. The Morgan fingerprint density at radius 3 is 2.32 bits per heavy atom. The lowest BCUT2D eigenvalue weighted by Crippen LogP contribution is -2.55. The van der Waals surface area contributed by atoms with Crippen LogP contribution in [0.25, 0.3) is 0 Å². The van der Waals surface area contributed by atoms with Crippen LogP contribution in [0, 0.1) is 33.3 Å². The van der Waals surface area contributed by atoms with Gasteiger partial charge in [-0.2, -0.15) is 0 Å². The van der Waals surface area contributed by atoms with Crippen LogP contribution in [0.4, 0.5) is 5.69 Å². The molecule has 0 saturated heterocycles. The van der Waals surface area contributed by atoms with E-state index in [0.717, 1.165) is 17.8 Å². The van der Waals surface area contributed by atoms with Crippen molar-refractivity contribution >= 4 is 23.2 Å². The van der Waals surface area contributed by atoms with Crippen LogP contribution in [-0.2, 0) is 0 Å². The number of amides is 1. The Morgan fingerprint density at radius 2 is 1.80 bits per heavy atom. The van der Waals surface area contributed by atoms with Crippen molar-refractivity contribution in [2.24, 2.45) is 23.2 Å². The molecule has 4 fully saturated rings. The van der Waals surface area contributed by atoms with E-state index in [-0.39, 0.29) is 33.6 Å². The Bertz CT molecular complexity index is 698. The highest BCUT2D eigenvalue weighted by Crippen LogP contribution is 2.61. The Morgan fingerprint density at radius 1 is 1.24 bits per heavy atom. The molecule has 1 amide bonds. The molecule has 25 heavy (non-hydrogen) atoms. The van der Waals surface area contributed by atoms with Crippen LogP contribution >= 0.6 is 11.6 Å². The molecule has 4 aliphatic rings. The van der Waals surface area contributed by atoms with E-state index in [1.807, 2.05) is 0 Å². The van der Waals surface area contributed by atoms with E-state index < -0.39 is 4.92 Å². The number of halogens is 1. The number of benzene rings is 1. The van der Waals surface area contributed by atoms with E-state index >= 15 is 0 Å². The van der Waals surface area contributed by atoms with Crippen LogP contribution in [0.3, 0.4) is 0 Å². The first-order valence-electron chi connectivity index (χ1n) is 9.11. The van der Waals surface area contributed by atoms with Gasteiger partial charge in [-0.1, -0.05) is 11.6 Å². The van der Waals surface area contributed by atoms with Crippen molar-refractivity contribution in [1.29, 1.82) is 0 Å². The van der Waals surface area contributed by atoms with Crippen LogP contribution < -0.4 is 5.32 Å². The highest BCUT2D eigenvalue weighted by atomic mass is 35.5. The Labute approximate surface area is 152 Å². The molecule has 1 atom stereocenters. The maximum atomic E-state index is 12.7. The number of nitro benzene ring substituents is 1. The minimum atomic E-state index is -0.545. The van der Waals surface area contributed by atoms with Gasteiger partial charge in [0.1, 0.15) is 5.56 Å². The van der Waals surface area contributed by atoms with Crippen LogP contribution in [0.1, 0.15) is 55.8 Å². The molecule has 0 spiro atoms. The minimum Gasteiger partial charge on any atom is -0.349 e. The fourth-order valence-electron chi connectivity index (χ4n) is 5.98. The summed E-state index contributed by atoms with van der Waals surface area (Å²) >= 11 is 5.85. The van der Waals surface area contributed by atoms with Gasteiger partial charge in [-0.25, -0.2) is 0 Å². The van der Waals surface area contributed by atoms with Crippen LogP contribution in [0.5, 0.6) is 0 Å². The van der Waals surface area contributed by atoms with Crippen molar-refractivity contribution in [3.63, 3.8) is 0 Å². The molecule has 0 radical (unpaired) electrons. The van der Waals surface area contributed by atoms with E-state index in [4.69, 9.17) is 11.6 Å². The summed E-state index contributed by atoms with van der Waals surface area (Å²) in [4.78, 5) is 23.4. The topological polar surface area (TPSA) is 72.2 Å². The third-order valence-electron chi connectivity index (χ3n) is 6.75. The lowest BCUT2D eigenvalue weighted by Gasteiger charge is -2.59. The third kappa shape index (κ3) is 2.92. The zero-order valence-corrected chi connectivity index (χ0v) is 15.1. The molecule has 0 aliphatic heterocycles. The predicted octanol–water partition coefficient (Wildman–Crippen LogP) is 4.58. The van der Waals surface area contributed by atoms with Gasteiger partial charge in [-0.3, -0.25) is 14.9 Å². The number of carbonyl (C=O) groups excluding carboxylic acids is 1. The minimum absolute atomic E-state index is 0.0312. The van der Waals surface area contributed by atoms with Gasteiger partial charge in [-0.15, -0.1) is 0 Å². The summed E-state index contributed by atoms with van der Waals surface area (Å²) in [5.41, 5.74) is 0.0275. The Kier molecular flexibility index (Phi) is 4.02. The van der Waals surface area contributed by atoms with Crippen LogP contribution in [-0.4, -0.2) is 16.9 Å². The average Bonchev–Trinajstić information content (AvgIpc) is 2.53. The third-order valence-corrected chi connectivity index (χ3v) is 6.99. The van der Waals surface area contributed by atoms with Crippen molar-refractivity contribution in [2.45, 2.75) is 51.5 Å². The summed E-state index contributed by atoms with van der Waals surface area (Å²) in [6.45, 7) is 2.08. The molecule has 1 aromatic carbocycles. The molecular weight excluding hydrogens is 340 g/mol. The first kappa shape index (κ1) is 16.8. The first-order valence-corrected chi connectivity index (χ1v) is 9.49. The molecule has 5 nitrogen and oxygen atoms in total. The Hall–Kier alpha value is -1.62. The van der Waals surface area contributed by atoms with Crippen LogP contribution in [0.15, 0.2) is 18.2 Å². The maximum absolute atomic E-state index is 12.7. The quantitative estimate of drug-likeness (QED) is 0.629. The number of nitro groups is 1. The van der Waals surface area contributed by atoms with Gasteiger partial charge < -0.3 is 5.32 Å². The molecule has 4 saturated carbocycles. The van der Waals surface area contributed by atoms with Gasteiger partial charge in [-0.05, 0) is 80.8 Å². The van der Waals surface area contributed by atoms with E-state index in [9.17, 15) is 14.9 Å². The maximum Gasteiger partial charge on any atom is 0.283 e. The molecule has 1 N–H and O–H groups in total. The van der Waals surface area contributed by atoms with E-state index in [1.54, 1.807) is 0 Å². The molecule has 4 bridgehead atoms. The number of hydrogen-bond donors (Lipinski definition) is 1. The monoisotopic (exact) mass is 362 g/mol. The van der Waals surface area contributed by atoms with Crippen LogP contribution in [0.2, 0.25) is 5.02 Å². The van der Waals surface area contributed by atoms with E-state index in [0.29, 0.717) is 0 Å². The first-order chi connectivity index (χ1) is 11.9. The molecule has 0 heterocycles. The average molecular weight is 363 g/mol. The molecule has 1 aromatic rings. The highest BCUT2D eigenvalue weighted by Gasteiger charge is 2.53. The van der Waals surface area contributed by atoms with Crippen molar-refractivity contribution in [1.82, 2.24) is 5.32 Å². The van der Waals surface area contributed by atoms with Crippen molar-refractivity contribution < 1.29 is 9.72 Å². The number of carbonyl (C=O) groups is 1. The fourth-order valence-corrected chi connectivity index (χ4v) is 6.15. The largest absolute Gasteiger partial charge is 0.349 e. The highest BCUT2D eigenvalue weighted by molar-refractivity contribution is 6.31. The summed E-state index contributed by atoms with van der Waals surface area (Å²) in [6, 6.07) is 4.25. The lowest BCUT2D eigenvalue weighted by molar-refractivity contribution is -0.385. The number of hydrogen-bond acceptors (Lipinski definition) is 3. The van der Waals surface area contributed by atoms with Gasteiger partial charge in [0.15, 0.2) is 0 Å². The normalized spacial score (nSPS) is 33.9. The molecule has 5 rings (SSSR count). The number of nitrogens with zero attached hydrogens (tertiary/aromatic N) is 1. The van der Waals surface area contributed by atoms with Gasteiger partial charge >= 0.3 is 0 Å². The summed E-state index contributed by atoms with van der Waals surface area (Å²) in [5.74, 6) is 2.04. The van der Waals surface area contributed by atoms with Crippen molar-refractivity contribution in [2.75, 3.05) is 0 Å². The lowest BCUT2D eigenvalue weighted by atomic mass is 9.48. The second-order valence-electron chi connectivity index (χ2n) is 8.39. The summed E-state index contributed by atoms with van der Waals surface area (Å²) < 4.78 is 0. The second kappa shape index (κ2) is 5.97. The SMILES string of the molecule is C[C@H](NC(=O)c1ccc(Cl)cc1[N+](=O)[O-])C12CC3CC(CC(C3)C1)C2. The van der Waals surface area contributed by atoms with E-state index in [1.165, 1.54) is 56.7 Å². The van der Waals surface area contributed by atoms with Gasteiger partial charge in [0.2, 0.25) is 0 Å². The molecule has 6 heteroatoms. The summed E-state index contributed by atoms with van der Waals surface area (Å²) in [5, 5.41) is 14.6. The van der Waals surface area contributed by atoms with Gasteiger partial charge in [0.25, 0.3) is 11.6 Å². The fraction of sp³-hybridized carbons (Fsp3) is 0.632. The van der Waals surface area contributed by atoms with Gasteiger partial charge in [0, 0.05) is 17.1 Å². The smallest absolute Gasteiger partial charge is 0.283 e. The molecule has 0 unspecified atom stereocenters. The number of nitrogens with one attached hydrogen (secondary N) is 1. The zero-order valence-electron chi connectivity index (χ0n) is 14.3. The summed E-state index contributed by atoms with van der Waals surface area (Å²) in [6.07, 6.45) is 7.60. The molecule has 134 valence electrons. The standard InChI is InChI=1S/C19H23ClN2O3/c1-11(19-8-12-4-13(9-19)6-14(5-12)10-19)21-18(23)16-3-2-15(20)7-17(16)22(24)25/h2-3,7,11-14H,4-6,8-10H2,1H3,(H,21,23)/t11-,12?,13?,14?,19?/m0/s1. The van der Waals surface area contributed by atoms with Crippen molar-refractivity contribution in [3.05, 3.63) is 38.9 Å². The zero-order chi connectivity index (χ0) is 17.8.